The molecule has 0 atom stereocenters. The van der Waals surface area contributed by atoms with Gasteiger partial charge in [0, 0.05) is 43.2 Å². The van der Waals surface area contributed by atoms with Crippen molar-refractivity contribution in [2.24, 2.45) is 7.05 Å². The summed E-state index contributed by atoms with van der Waals surface area (Å²) in [5.41, 5.74) is 2.13. The maximum atomic E-state index is 12.7. The van der Waals surface area contributed by atoms with Gasteiger partial charge in [-0.15, -0.1) is 0 Å². The summed E-state index contributed by atoms with van der Waals surface area (Å²) in [6.07, 6.45) is 1.74. The van der Waals surface area contributed by atoms with Crippen LogP contribution in [0.3, 0.4) is 0 Å². The number of carbonyl (C=O) groups excluding carboxylic acids is 1. The van der Waals surface area contributed by atoms with E-state index < -0.39 is 15.9 Å². The molecule has 0 fully saturated rings. The highest BCUT2D eigenvalue weighted by molar-refractivity contribution is 7.88. The summed E-state index contributed by atoms with van der Waals surface area (Å²) >= 11 is 0. The van der Waals surface area contributed by atoms with Gasteiger partial charge >= 0.3 is 0 Å². The molecule has 0 saturated carbocycles. The van der Waals surface area contributed by atoms with Gasteiger partial charge in [-0.1, -0.05) is 18.2 Å². The van der Waals surface area contributed by atoms with Gasteiger partial charge in [0.15, 0.2) is 5.69 Å². The minimum absolute atomic E-state index is 0.114. The fourth-order valence-corrected chi connectivity index (χ4v) is 4.39. The SMILES string of the molecule is Cn1nc(CNC(=O)c2n[nH]c(=O)c3ccccc23)c2c1CCN(S(C)(=O)=O)C2. The van der Waals surface area contributed by atoms with E-state index in [0.29, 0.717) is 29.4 Å². The van der Waals surface area contributed by atoms with Crippen molar-refractivity contribution in [3.05, 3.63) is 57.3 Å². The topological polar surface area (TPSA) is 130 Å². The number of hydrogen-bond donors (Lipinski definition) is 2. The van der Waals surface area contributed by atoms with Crippen LogP contribution in [0.5, 0.6) is 0 Å². The molecule has 0 unspecified atom stereocenters. The highest BCUT2D eigenvalue weighted by atomic mass is 32.2. The Morgan fingerprint density at radius 3 is 2.72 bits per heavy atom. The molecule has 10 nitrogen and oxygen atoms in total. The Labute approximate surface area is 166 Å². The number of carbonyl (C=O) groups is 1. The molecule has 0 bridgehead atoms. The van der Waals surface area contributed by atoms with Crippen molar-refractivity contribution in [3.63, 3.8) is 0 Å². The lowest BCUT2D eigenvalue weighted by molar-refractivity contribution is 0.0946. The van der Waals surface area contributed by atoms with E-state index in [9.17, 15) is 18.0 Å². The first-order valence-electron chi connectivity index (χ1n) is 9.00. The molecule has 1 aliphatic rings. The van der Waals surface area contributed by atoms with Crippen molar-refractivity contribution in [2.75, 3.05) is 12.8 Å². The molecule has 152 valence electrons. The molecule has 0 radical (unpaired) electrons. The van der Waals surface area contributed by atoms with Gasteiger partial charge < -0.3 is 5.32 Å². The molecule has 1 aliphatic heterocycles. The molecule has 2 N–H and O–H groups in total. The lowest BCUT2D eigenvalue weighted by atomic mass is 10.1. The van der Waals surface area contributed by atoms with Gasteiger partial charge in [0.1, 0.15) is 0 Å². The second kappa shape index (κ2) is 7.08. The summed E-state index contributed by atoms with van der Waals surface area (Å²) in [7, 11) is -1.51. The number of fused-ring (bicyclic) bond motifs is 2. The third-order valence-corrected chi connectivity index (χ3v) is 6.34. The number of aromatic nitrogens is 4. The average molecular weight is 416 g/mol. The number of H-pyrrole nitrogens is 1. The number of nitrogens with one attached hydrogen (secondary N) is 2. The predicted molar refractivity (Wildman–Crippen MR) is 106 cm³/mol. The highest BCUT2D eigenvalue weighted by Gasteiger charge is 2.28. The number of rotatable bonds is 4. The maximum Gasteiger partial charge on any atom is 0.272 e. The van der Waals surface area contributed by atoms with Crippen LogP contribution < -0.4 is 10.9 Å². The minimum atomic E-state index is -3.31. The van der Waals surface area contributed by atoms with Crippen molar-refractivity contribution in [3.8, 4) is 0 Å². The third-order valence-electron chi connectivity index (χ3n) is 5.09. The van der Waals surface area contributed by atoms with E-state index in [0.717, 1.165) is 11.3 Å². The van der Waals surface area contributed by atoms with Crippen LogP contribution in [0.25, 0.3) is 10.8 Å². The summed E-state index contributed by atoms with van der Waals surface area (Å²) in [5.74, 6) is -0.451. The van der Waals surface area contributed by atoms with Gasteiger partial charge in [0.05, 0.1) is 23.9 Å². The van der Waals surface area contributed by atoms with Crippen molar-refractivity contribution < 1.29 is 13.2 Å². The quantitative estimate of drug-likeness (QED) is 0.611. The second-order valence-electron chi connectivity index (χ2n) is 6.97. The largest absolute Gasteiger partial charge is 0.345 e. The van der Waals surface area contributed by atoms with E-state index in [4.69, 9.17) is 0 Å². The van der Waals surface area contributed by atoms with Crippen LogP contribution in [0.1, 0.15) is 27.4 Å². The van der Waals surface area contributed by atoms with Crippen LogP contribution in [0.4, 0.5) is 0 Å². The highest BCUT2D eigenvalue weighted by Crippen LogP contribution is 2.23. The zero-order valence-electron chi connectivity index (χ0n) is 16.0. The average Bonchev–Trinajstić information content (AvgIpc) is 3.01. The smallest absolute Gasteiger partial charge is 0.272 e. The Bertz CT molecular complexity index is 1280. The summed E-state index contributed by atoms with van der Waals surface area (Å²) in [5, 5.41) is 14.3. The maximum absolute atomic E-state index is 12.7. The fraction of sp³-hybridized carbons (Fsp3) is 0.333. The van der Waals surface area contributed by atoms with Gasteiger partial charge in [-0.2, -0.15) is 14.5 Å². The molecule has 0 saturated heterocycles. The number of nitrogens with zero attached hydrogens (tertiary/aromatic N) is 4. The monoisotopic (exact) mass is 416 g/mol. The molecule has 29 heavy (non-hydrogen) atoms. The van der Waals surface area contributed by atoms with Gasteiger partial charge in [0.2, 0.25) is 10.0 Å². The molecular weight excluding hydrogens is 396 g/mol. The van der Waals surface area contributed by atoms with Gasteiger partial charge in [-0.25, -0.2) is 13.5 Å². The lowest BCUT2D eigenvalue weighted by Gasteiger charge is -2.25. The zero-order chi connectivity index (χ0) is 20.8. The van der Waals surface area contributed by atoms with Crippen molar-refractivity contribution >= 4 is 26.7 Å². The number of benzene rings is 1. The molecule has 3 aromatic rings. The number of sulfonamides is 1. The molecule has 1 aromatic carbocycles. The Kier molecular flexibility index (Phi) is 4.71. The van der Waals surface area contributed by atoms with E-state index in [1.165, 1.54) is 10.6 Å². The molecular formula is C18H20N6O4S. The van der Waals surface area contributed by atoms with Gasteiger partial charge in [-0.05, 0) is 6.07 Å². The number of aromatic amines is 1. The van der Waals surface area contributed by atoms with E-state index in [1.54, 1.807) is 36.0 Å². The van der Waals surface area contributed by atoms with Crippen molar-refractivity contribution in [1.82, 2.24) is 29.6 Å². The zero-order valence-corrected chi connectivity index (χ0v) is 16.8. The standard InChI is InChI=1S/C18H20N6O4S/c1-23-15-7-8-24(29(2,27)28)10-13(15)14(22-23)9-19-18(26)16-11-5-3-4-6-12(11)17(25)21-20-16/h3-6H,7-10H2,1-2H3,(H,19,26)(H,21,25). The molecule has 4 rings (SSSR count). The van der Waals surface area contributed by atoms with Gasteiger partial charge in [-0.3, -0.25) is 14.3 Å². The Morgan fingerprint density at radius 2 is 2.00 bits per heavy atom. The molecule has 0 aliphatic carbocycles. The normalized spacial score (nSPS) is 14.7. The molecule has 11 heteroatoms. The van der Waals surface area contributed by atoms with Crippen molar-refractivity contribution in [1.29, 1.82) is 0 Å². The van der Waals surface area contributed by atoms with Crippen LogP contribution >= 0.6 is 0 Å². The minimum Gasteiger partial charge on any atom is -0.345 e. The Hall–Kier alpha value is -3.05. The number of hydrogen-bond acceptors (Lipinski definition) is 6. The van der Waals surface area contributed by atoms with Crippen molar-refractivity contribution in [2.45, 2.75) is 19.5 Å². The van der Waals surface area contributed by atoms with Crippen LogP contribution in [0, 0.1) is 0 Å². The first-order valence-corrected chi connectivity index (χ1v) is 10.8. The van der Waals surface area contributed by atoms with Crippen LogP contribution in [0.15, 0.2) is 29.1 Å². The summed E-state index contributed by atoms with van der Waals surface area (Å²) < 4.78 is 26.9. The van der Waals surface area contributed by atoms with E-state index in [-0.39, 0.29) is 24.3 Å². The first kappa shape index (κ1) is 19.3. The summed E-state index contributed by atoms with van der Waals surface area (Å²) in [6, 6.07) is 6.74. The fourth-order valence-electron chi connectivity index (χ4n) is 3.61. The van der Waals surface area contributed by atoms with E-state index in [2.05, 4.69) is 20.6 Å². The predicted octanol–water partition coefficient (Wildman–Crippen LogP) is -0.0957. The van der Waals surface area contributed by atoms with Crippen LogP contribution in [-0.4, -0.2) is 51.4 Å². The molecule has 2 aromatic heterocycles. The summed E-state index contributed by atoms with van der Waals surface area (Å²) in [6.45, 7) is 0.756. The molecule has 1 amide bonds. The number of amides is 1. The third kappa shape index (κ3) is 3.54. The Balaban J connectivity index is 1.59. The Morgan fingerprint density at radius 1 is 1.28 bits per heavy atom. The van der Waals surface area contributed by atoms with E-state index in [1.807, 2.05) is 0 Å². The second-order valence-corrected chi connectivity index (χ2v) is 8.95. The first-order chi connectivity index (χ1) is 13.8. The lowest BCUT2D eigenvalue weighted by Crippen LogP contribution is -2.36. The molecule has 3 heterocycles. The van der Waals surface area contributed by atoms with Crippen LogP contribution in [-0.2, 0) is 36.6 Å². The van der Waals surface area contributed by atoms with Gasteiger partial charge in [0.25, 0.3) is 11.5 Å². The molecule has 0 spiro atoms. The summed E-state index contributed by atoms with van der Waals surface area (Å²) in [4.78, 5) is 24.6. The van der Waals surface area contributed by atoms with E-state index >= 15 is 0 Å². The number of aryl methyl sites for hydroxylation is 1. The van der Waals surface area contributed by atoms with Crippen LogP contribution in [0.2, 0.25) is 0 Å².